The van der Waals surface area contributed by atoms with Crippen LogP contribution >= 0.6 is 0 Å². The number of nitrogens with zero attached hydrogens (tertiary/aromatic N) is 3. The van der Waals surface area contributed by atoms with Gasteiger partial charge in [0.05, 0.1) is 5.69 Å². The van der Waals surface area contributed by atoms with Crippen molar-refractivity contribution in [1.82, 2.24) is 9.97 Å². The smallest absolute Gasteiger partial charge is 0.270 e. The summed E-state index contributed by atoms with van der Waals surface area (Å²) in [5.74, 6) is 1.17. The molecule has 6 nitrogen and oxygen atoms in total. The Labute approximate surface area is 152 Å². The number of benzene rings is 1. The van der Waals surface area contributed by atoms with Crippen molar-refractivity contribution in [3.05, 3.63) is 52.8 Å². The molecular formula is C20H22N4O2. The van der Waals surface area contributed by atoms with Gasteiger partial charge in [0.1, 0.15) is 24.0 Å². The van der Waals surface area contributed by atoms with Crippen molar-refractivity contribution in [3.8, 4) is 23.1 Å². The fourth-order valence-electron chi connectivity index (χ4n) is 3.09. The van der Waals surface area contributed by atoms with E-state index in [9.17, 15) is 10.1 Å². The van der Waals surface area contributed by atoms with Crippen LogP contribution in [0.4, 0.5) is 5.95 Å². The van der Waals surface area contributed by atoms with Gasteiger partial charge in [0.25, 0.3) is 5.56 Å². The first-order valence-electron chi connectivity index (χ1n) is 8.86. The third kappa shape index (κ3) is 3.94. The summed E-state index contributed by atoms with van der Waals surface area (Å²) < 4.78 is 5.56. The van der Waals surface area contributed by atoms with E-state index in [2.05, 4.69) is 21.4 Å². The van der Waals surface area contributed by atoms with Gasteiger partial charge in [0.15, 0.2) is 0 Å². The van der Waals surface area contributed by atoms with Gasteiger partial charge in [-0.3, -0.25) is 9.78 Å². The second-order valence-corrected chi connectivity index (χ2v) is 6.25. The third-order valence-corrected chi connectivity index (χ3v) is 4.40. The lowest BCUT2D eigenvalue weighted by atomic mass is 10.1. The van der Waals surface area contributed by atoms with Crippen LogP contribution < -0.4 is 15.2 Å². The molecule has 1 aliphatic heterocycles. The van der Waals surface area contributed by atoms with Crippen LogP contribution in [0.5, 0.6) is 5.75 Å². The highest BCUT2D eigenvalue weighted by molar-refractivity contribution is 5.68. The normalized spacial score (nSPS) is 14.3. The molecule has 1 fully saturated rings. The first-order valence-corrected chi connectivity index (χ1v) is 8.86. The van der Waals surface area contributed by atoms with Crippen LogP contribution in [0.15, 0.2) is 41.7 Å². The standard InChI is InChI=1S/C20H22N4O2/c1-2-12-26-16-9-7-8-15(13-16)18-17(14-21)19(25)23-20(22-18)24-10-5-3-4-6-11-24/h2,7-9,13H,1,3-6,10-12H2,(H,22,23,25). The van der Waals surface area contributed by atoms with E-state index in [4.69, 9.17) is 4.74 Å². The van der Waals surface area contributed by atoms with Crippen LogP contribution in [0, 0.1) is 11.3 Å². The second kappa shape index (κ2) is 8.34. The topological polar surface area (TPSA) is 82.0 Å². The predicted molar refractivity (Wildman–Crippen MR) is 101 cm³/mol. The van der Waals surface area contributed by atoms with Crippen LogP contribution in [-0.4, -0.2) is 29.7 Å². The molecule has 0 bridgehead atoms. The first-order chi connectivity index (χ1) is 12.7. The molecule has 1 N–H and O–H groups in total. The van der Waals surface area contributed by atoms with Gasteiger partial charge >= 0.3 is 0 Å². The van der Waals surface area contributed by atoms with Crippen molar-refractivity contribution in [3.63, 3.8) is 0 Å². The Morgan fingerprint density at radius 1 is 1.31 bits per heavy atom. The SMILES string of the molecule is C=CCOc1cccc(-c2nc(N3CCCCCC3)[nH]c(=O)c2C#N)c1. The van der Waals surface area contributed by atoms with Gasteiger partial charge in [0, 0.05) is 18.7 Å². The number of ether oxygens (including phenoxy) is 1. The lowest BCUT2D eigenvalue weighted by Crippen LogP contribution is -2.29. The van der Waals surface area contributed by atoms with Crippen molar-refractivity contribution >= 4 is 5.95 Å². The van der Waals surface area contributed by atoms with Crippen molar-refractivity contribution < 1.29 is 4.74 Å². The Morgan fingerprint density at radius 3 is 2.77 bits per heavy atom. The minimum absolute atomic E-state index is 0.0180. The number of rotatable bonds is 5. The fourth-order valence-corrected chi connectivity index (χ4v) is 3.09. The lowest BCUT2D eigenvalue weighted by Gasteiger charge is -2.21. The first kappa shape index (κ1) is 17.7. The highest BCUT2D eigenvalue weighted by Gasteiger charge is 2.18. The molecule has 0 unspecified atom stereocenters. The van der Waals surface area contributed by atoms with Gasteiger partial charge in [-0.15, -0.1) is 0 Å². The molecule has 0 saturated carbocycles. The van der Waals surface area contributed by atoms with Crippen LogP contribution in [-0.2, 0) is 0 Å². The third-order valence-electron chi connectivity index (χ3n) is 4.40. The van der Waals surface area contributed by atoms with Gasteiger partial charge in [-0.2, -0.15) is 5.26 Å². The molecule has 2 aromatic rings. The van der Waals surface area contributed by atoms with Crippen LogP contribution in [0.3, 0.4) is 0 Å². The molecule has 26 heavy (non-hydrogen) atoms. The van der Waals surface area contributed by atoms with Gasteiger partial charge in [-0.05, 0) is 25.0 Å². The Kier molecular flexibility index (Phi) is 5.69. The zero-order valence-electron chi connectivity index (χ0n) is 14.7. The van der Waals surface area contributed by atoms with Gasteiger partial charge in [-0.1, -0.05) is 37.6 Å². The largest absolute Gasteiger partial charge is 0.490 e. The molecule has 0 radical (unpaired) electrons. The summed E-state index contributed by atoms with van der Waals surface area (Å²) in [5.41, 5.74) is 0.684. The highest BCUT2D eigenvalue weighted by Crippen LogP contribution is 2.26. The number of hydrogen-bond acceptors (Lipinski definition) is 5. The molecule has 1 aromatic heterocycles. The quantitative estimate of drug-likeness (QED) is 0.837. The molecule has 134 valence electrons. The molecule has 0 spiro atoms. The second-order valence-electron chi connectivity index (χ2n) is 6.25. The number of H-pyrrole nitrogens is 1. The predicted octanol–water partition coefficient (Wildman–Crippen LogP) is 3.25. The van der Waals surface area contributed by atoms with Crippen molar-refractivity contribution in [2.75, 3.05) is 24.6 Å². The van der Waals surface area contributed by atoms with E-state index >= 15 is 0 Å². The summed E-state index contributed by atoms with van der Waals surface area (Å²) >= 11 is 0. The fraction of sp³-hybridized carbons (Fsp3) is 0.350. The molecule has 0 amide bonds. The highest BCUT2D eigenvalue weighted by atomic mass is 16.5. The minimum atomic E-state index is -0.408. The summed E-state index contributed by atoms with van der Waals surface area (Å²) in [5, 5.41) is 9.45. The minimum Gasteiger partial charge on any atom is -0.490 e. The summed E-state index contributed by atoms with van der Waals surface area (Å²) in [4.78, 5) is 22.0. The summed E-state index contributed by atoms with van der Waals surface area (Å²) in [7, 11) is 0. The Morgan fingerprint density at radius 2 is 2.08 bits per heavy atom. The zero-order chi connectivity index (χ0) is 18.4. The molecular weight excluding hydrogens is 328 g/mol. The van der Waals surface area contributed by atoms with E-state index in [1.165, 1.54) is 12.8 Å². The number of aromatic amines is 1. The summed E-state index contributed by atoms with van der Waals surface area (Å²) in [6, 6.07) is 9.25. The average Bonchev–Trinajstić information content (AvgIpc) is 2.95. The van der Waals surface area contributed by atoms with E-state index in [0.29, 0.717) is 29.6 Å². The number of hydrogen-bond donors (Lipinski definition) is 1. The average molecular weight is 350 g/mol. The van der Waals surface area contributed by atoms with Gasteiger partial charge in [-0.25, -0.2) is 4.98 Å². The molecule has 2 heterocycles. The maximum atomic E-state index is 12.5. The Hall–Kier alpha value is -3.07. The monoisotopic (exact) mass is 350 g/mol. The molecule has 6 heteroatoms. The lowest BCUT2D eigenvalue weighted by molar-refractivity contribution is 0.363. The number of nitrogens with one attached hydrogen (secondary N) is 1. The van der Waals surface area contributed by atoms with Crippen LogP contribution in [0.25, 0.3) is 11.3 Å². The molecule has 3 rings (SSSR count). The number of anilines is 1. The Balaban J connectivity index is 2.03. The van der Waals surface area contributed by atoms with Crippen molar-refractivity contribution in [2.24, 2.45) is 0 Å². The number of aromatic nitrogens is 2. The van der Waals surface area contributed by atoms with Crippen molar-refractivity contribution in [1.29, 1.82) is 5.26 Å². The zero-order valence-corrected chi connectivity index (χ0v) is 14.7. The van der Waals surface area contributed by atoms with Crippen LogP contribution in [0.1, 0.15) is 31.2 Å². The molecule has 1 aliphatic rings. The van der Waals surface area contributed by atoms with E-state index in [1.54, 1.807) is 12.1 Å². The molecule has 1 aromatic carbocycles. The van der Waals surface area contributed by atoms with E-state index in [0.717, 1.165) is 25.9 Å². The van der Waals surface area contributed by atoms with Gasteiger partial charge in [0.2, 0.25) is 5.95 Å². The van der Waals surface area contributed by atoms with E-state index in [1.807, 2.05) is 24.3 Å². The number of nitriles is 1. The maximum absolute atomic E-state index is 12.5. The van der Waals surface area contributed by atoms with Crippen molar-refractivity contribution in [2.45, 2.75) is 25.7 Å². The Bertz CT molecular complexity index is 874. The molecule has 0 atom stereocenters. The summed E-state index contributed by atoms with van der Waals surface area (Å²) in [6.45, 7) is 5.74. The van der Waals surface area contributed by atoms with E-state index < -0.39 is 5.56 Å². The van der Waals surface area contributed by atoms with E-state index in [-0.39, 0.29) is 5.56 Å². The maximum Gasteiger partial charge on any atom is 0.270 e. The van der Waals surface area contributed by atoms with Crippen LogP contribution in [0.2, 0.25) is 0 Å². The molecule has 0 aliphatic carbocycles. The molecule has 1 saturated heterocycles. The van der Waals surface area contributed by atoms with Gasteiger partial charge < -0.3 is 9.64 Å². The summed E-state index contributed by atoms with van der Waals surface area (Å²) in [6.07, 6.45) is 6.18.